The van der Waals surface area contributed by atoms with E-state index in [1.54, 1.807) is 7.11 Å². The van der Waals surface area contributed by atoms with Crippen LogP contribution in [0.5, 0.6) is 11.5 Å². The average molecular weight is 264 g/mol. The molecule has 1 saturated heterocycles. The van der Waals surface area contributed by atoms with E-state index in [2.05, 4.69) is 6.92 Å². The first-order valence-corrected chi connectivity index (χ1v) is 6.85. The van der Waals surface area contributed by atoms with E-state index in [9.17, 15) is 5.11 Å². The van der Waals surface area contributed by atoms with Gasteiger partial charge in [0.05, 0.1) is 25.4 Å². The Labute approximate surface area is 113 Å². The fourth-order valence-electron chi connectivity index (χ4n) is 2.91. The molecule has 0 aliphatic carbocycles. The molecule has 0 radical (unpaired) electrons. The summed E-state index contributed by atoms with van der Waals surface area (Å²) in [6.07, 6.45) is 2.48. The van der Waals surface area contributed by atoms with E-state index >= 15 is 0 Å². The average Bonchev–Trinajstić information content (AvgIpc) is 2.85. The highest BCUT2D eigenvalue weighted by molar-refractivity contribution is 5.43. The lowest BCUT2D eigenvalue weighted by atomic mass is 9.95. The van der Waals surface area contributed by atoms with Gasteiger partial charge in [-0.15, -0.1) is 0 Å². The van der Waals surface area contributed by atoms with E-state index in [1.165, 1.54) is 0 Å². The lowest BCUT2D eigenvalue weighted by Crippen LogP contribution is -2.36. The molecule has 2 aliphatic heterocycles. The molecule has 4 heteroatoms. The molecule has 0 aromatic heterocycles. The number of benzene rings is 1. The Balaban J connectivity index is 1.80. The zero-order valence-corrected chi connectivity index (χ0v) is 11.3. The van der Waals surface area contributed by atoms with Crippen molar-refractivity contribution in [3.63, 3.8) is 0 Å². The summed E-state index contributed by atoms with van der Waals surface area (Å²) in [4.78, 5) is 0. The highest BCUT2D eigenvalue weighted by atomic mass is 16.6. The summed E-state index contributed by atoms with van der Waals surface area (Å²) in [5, 5.41) is 10.3. The van der Waals surface area contributed by atoms with Crippen molar-refractivity contribution in [3.05, 3.63) is 23.8 Å². The molecule has 0 saturated carbocycles. The molecular formula is C15H20O4. The Morgan fingerprint density at radius 3 is 2.79 bits per heavy atom. The van der Waals surface area contributed by atoms with Crippen molar-refractivity contribution in [2.24, 2.45) is 0 Å². The van der Waals surface area contributed by atoms with Gasteiger partial charge in [-0.1, -0.05) is 0 Å². The number of methoxy groups -OCH3 is 1. The van der Waals surface area contributed by atoms with Crippen LogP contribution in [0.3, 0.4) is 0 Å². The van der Waals surface area contributed by atoms with Crippen LogP contribution in [0.2, 0.25) is 0 Å². The second-order valence-corrected chi connectivity index (χ2v) is 5.37. The maximum absolute atomic E-state index is 10.3. The topological polar surface area (TPSA) is 47.9 Å². The van der Waals surface area contributed by atoms with Gasteiger partial charge in [0.25, 0.3) is 0 Å². The summed E-state index contributed by atoms with van der Waals surface area (Å²) in [5.41, 5.74) is 0.807. The Morgan fingerprint density at radius 1 is 1.26 bits per heavy atom. The minimum Gasteiger partial charge on any atom is -0.497 e. The Hall–Kier alpha value is -1.26. The molecule has 4 unspecified atom stereocenters. The number of ether oxygens (including phenoxy) is 3. The van der Waals surface area contributed by atoms with Gasteiger partial charge < -0.3 is 19.3 Å². The van der Waals surface area contributed by atoms with Crippen LogP contribution in [-0.2, 0) is 4.74 Å². The van der Waals surface area contributed by atoms with Crippen molar-refractivity contribution in [3.8, 4) is 11.5 Å². The van der Waals surface area contributed by atoms with Gasteiger partial charge in [0.2, 0.25) is 0 Å². The third-order valence-electron chi connectivity index (χ3n) is 3.99. The number of rotatable bonds is 2. The quantitative estimate of drug-likeness (QED) is 0.891. The lowest BCUT2D eigenvalue weighted by molar-refractivity contribution is -0.0466. The number of hydrogen-bond acceptors (Lipinski definition) is 4. The minimum absolute atomic E-state index is 0.0548. The van der Waals surface area contributed by atoms with Crippen LogP contribution in [0.15, 0.2) is 18.2 Å². The molecule has 0 bridgehead atoms. The minimum atomic E-state index is -0.511. The predicted octanol–water partition coefficient (Wildman–Crippen LogP) is 2.45. The van der Waals surface area contributed by atoms with E-state index in [0.717, 1.165) is 29.9 Å². The van der Waals surface area contributed by atoms with Crippen molar-refractivity contribution in [2.75, 3.05) is 7.11 Å². The van der Waals surface area contributed by atoms with Gasteiger partial charge >= 0.3 is 0 Å². The second-order valence-electron chi connectivity index (χ2n) is 5.37. The van der Waals surface area contributed by atoms with Gasteiger partial charge in [-0.3, -0.25) is 0 Å². The molecule has 0 amide bonds. The first kappa shape index (κ1) is 12.8. The van der Waals surface area contributed by atoms with Gasteiger partial charge in [-0.05, 0) is 38.0 Å². The molecule has 3 rings (SSSR count). The Bertz CT molecular complexity index is 459. The van der Waals surface area contributed by atoms with E-state index < -0.39 is 6.10 Å². The number of hydrogen-bond donors (Lipinski definition) is 1. The smallest absolute Gasteiger partial charge is 0.128 e. The molecule has 0 spiro atoms. The third-order valence-corrected chi connectivity index (χ3v) is 3.99. The third kappa shape index (κ3) is 2.42. The van der Waals surface area contributed by atoms with Gasteiger partial charge in [0, 0.05) is 12.0 Å². The number of fused-ring (bicyclic) bond motifs is 1. The molecule has 4 atom stereocenters. The van der Waals surface area contributed by atoms with E-state index in [1.807, 2.05) is 18.2 Å². The largest absolute Gasteiger partial charge is 0.497 e. The maximum Gasteiger partial charge on any atom is 0.128 e. The monoisotopic (exact) mass is 264 g/mol. The van der Waals surface area contributed by atoms with Gasteiger partial charge in [0.1, 0.15) is 17.6 Å². The van der Waals surface area contributed by atoms with Crippen LogP contribution in [0, 0.1) is 0 Å². The SMILES string of the molecule is COc1ccc2c(c1)C(O)CC(C1CCC(C)O1)O2. The summed E-state index contributed by atoms with van der Waals surface area (Å²) >= 11 is 0. The lowest BCUT2D eigenvalue weighted by Gasteiger charge is -2.33. The van der Waals surface area contributed by atoms with Gasteiger partial charge in [0.15, 0.2) is 0 Å². The van der Waals surface area contributed by atoms with Crippen molar-refractivity contribution in [1.29, 1.82) is 0 Å². The number of aliphatic hydroxyl groups excluding tert-OH is 1. The second kappa shape index (κ2) is 5.02. The molecule has 2 aliphatic rings. The predicted molar refractivity (Wildman–Crippen MR) is 70.6 cm³/mol. The van der Waals surface area contributed by atoms with Gasteiger partial charge in [-0.25, -0.2) is 0 Å². The molecule has 1 N–H and O–H groups in total. The fraction of sp³-hybridized carbons (Fsp3) is 0.600. The standard InChI is InChI=1S/C15H20O4/c1-9-3-5-14(18-9)15-8-12(16)11-7-10(17-2)4-6-13(11)19-15/h4,6-7,9,12,14-16H,3,5,8H2,1-2H3. The molecule has 1 aromatic carbocycles. The molecule has 104 valence electrons. The highest BCUT2D eigenvalue weighted by Gasteiger charge is 2.36. The van der Waals surface area contributed by atoms with Crippen molar-refractivity contribution in [1.82, 2.24) is 0 Å². The molecule has 1 fully saturated rings. The Morgan fingerprint density at radius 2 is 2.11 bits per heavy atom. The normalized spacial score (nSPS) is 33.6. The first-order chi connectivity index (χ1) is 9.17. The van der Waals surface area contributed by atoms with Crippen LogP contribution in [0.1, 0.15) is 37.9 Å². The summed E-state index contributed by atoms with van der Waals surface area (Å²) < 4.78 is 17.0. The van der Waals surface area contributed by atoms with Crippen LogP contribution < -0.4 is 9.47 Å². The fourth-order valence-corrected chi connectivity index (χ4v) is 2.91. The number of aliphatic hydroxyl groups is 1. The summed E-state index contributed by atoms with van der Waals surface area (Å²) in [6.45, 7) is 2.08. The molecule has 2 heterocycles. The summed E-state index contributed by atoms with van der Waals surface area (Å²) in [5.74, 6) is 1.48. The van der Waals surface area contributed by atoms with E-state index in [-0.39, 0.29) is 12.2 Å². The molecule has 1 aromatic rings. The highest BCUT2D eigenvalue weighted by Crippen LogP contribution is 2.39. The van der Waals surface area contributed by atoms with E-state index in [4.69, 9.17) is 14.2 Å². The summed E-state index contributed by atoms with van der Waals surface area (Å²) in [6, 6.07) is 5.56. The van der Waals surface area contributed by atoms with Crippen LogP contribution in [0.4, 0.5) is 0 Å². The van der Waals surface area contributed by atoms with Crippen molar-refractivity contribution < 1.29 is 19.3 Å². The zero-order valence-electron chi connectivity index (χ0n) is 11.3. The maximum atomic E-state index is 10.3. The van der Waals surface area contributed by atoms with Crippen LogP contribution in [-0.4, -0.2) is 30.5 Å². The molecular weight excluding hydrogens is 244 g/mol. The van der Waals surface area contributed by atoms with Crippen molar-refractivity contribution in [2.45, 2.75) is 50.6 Å². The summed E-state index contributed by atoms with van der Waals surface area (Å²) in [7, 11) is 1.62. The molecule has 4 nitrogen and oxygen atoms in total. The zero-order chi connectivity index (χ0) is 13.4. The van der Waals surface area contributed by atoms with Gasteiger partial charge in [-0.2, -0.15) is 0 Å². The van der Waals surface area contributed by atoms with Crippen molar-refractivity contribution >= 4 is 0 Å². The van der Waals surface area contributed by atoms with E-state index in [0.29, 0.717) is 12.5 Å². The first-order valence-electron chi connectivity index (χ1n) is 6.85. The van der Waals surface area contributed by atoms with Crippen LogP contribution >= 0.6 is 0 Å². The molecule has 19 heavy (non-hydrogen) atoms. The Kier molecular flexibility index (Phi) is 3.37. The van der Waals surface area contributed by atoms with Crippen LogP contribution in [0.25, 0.3) is 0 Å².